The lowest BCUT2D eigenvalue weighted by Crippen LogP contribution is -2.37. The van der Waals surface area contributed by atoms with Gasteiger partial charge in [-0.15, -0.1) is 0 Å². The van der Waals surface area contributed by atoms with E-state index in [1.54, 1.807) is 14.2 Å². The molecular formula is C21H27NO4. The fourth-order valence-corrected chi connectivity index (χ4v) is 2.55. The summed E-state index contributed by atoms with van der Waals surface area (Å²) >= 11 is 0. The van der Waals surface area contributed by atoms with Crippen LogP contribution in [0.25, 0.3) is 0 Å². The first-order valence-corrected chi connectivity index (χ1v) is 8.63. The number of nitrogens with one attached hydrogen (secondary N) is 1. The van der Waals surface area contributed by atoms with Crippen LogP contribution in [0.2, 0.25) is 0 Å². The van der Waals surface area contributed by atoms with Crippen LogP contribution < -0.4 is 19.5 Å². The smallest absolute Gasteiger partial charge is 0.223 e. The summed E-state index contributed by atoms with van der Waals surface area (Å²) in [5.74, 6) is 2.11. The van der Waals surface area contributed by atoms with Crippen molar-refractivity contribution in [2.24, 2.45) is 0 Å². The second kappa shape index (κ2) is 9.13. The molecule has 0 aromatic heterocycles. The fraction of sp³-hybridized carbons (Fsp3) is 0.381. The molecule has 0 aliphatic rings. The Labute approximate surface area is 155 Å². The van der Waals surface area contributed by atoms with Crippen LogP contribution in [0, 0.1) is 0 Å². The highest BCUT2D eigenvalue weighted by Crippen LogP contribution is 2.32. The summed E-state index contributed by atoms with van der Waals surface area (Å²) in [7, 11) is 3.23. The van der Waals surface area contributed by atoms with Gasteiger partial charge in [0.1, 0.15) is 5.75 Å². The van der Waals surface area contributed by atoms with E-state index < -0.39 is 0 Å². The first-order valence-electron chi connectivity index (χ1n) is 8.63. The van der Waals surface area contributed by atoms with Crippen molar-refractivity contribution in [3.8, 4) is 17.2 Å². The van der Waals surface area contributed by atoms with Gasteiger partial charge in [0.2, 0.25) is 5.91 Å². The lowest BCUT2D eigenvalue weighted by atomic mass is 9.84. The zero-order chi connectivity index (χ0) is 19.0. The van der Waals surface area contributed by atoms with Gasteiger partial charge in [0.25, 0.3) is 0 Å². The Bertz CT molecular complexity index is 713. The predicted octanol–water partition coefficient (Wildman–Crippen LogP) is 3.57. The van der Waals surface area contributed by atoms with Crippen molar-refractivity contribution in [3.05, 3.63) is 54.1 Å². The number of benzene rings is 2. The second-order valence-electron chi connectivity index (χ2n) is 6.64. The minimum Gasteiger partial charge on any atom is -0.493 e. The topological polar surface area (TPSA) is 56.8 Å². The molecule has 5 nitrogen and oxygen atoms in total. The zero-order valence-corrected chi connectivity index (χ0v) is 15.9. The Morgan fingerprint density at radius 3 is 2.35 bits per heavy atom. The van der Waals surface area contributed by atoms with E-state index in [1.165, 1.54) is 0 Å². The van der Waals surface area contributed by atoms with Crippen molar-refractivity contribution in [1.82, 2.24) is 5.32 Å². The maximum Gasteiger partial charge on any atom is 0.223 e. The van der Waals surface area contributed by atoms with Gasteiger partial charge in [-0.05, 0) is 29.8 Å². The van der Waals surface area contributed by atoms with Crippen molar-refractivity contribution in [2.75, 3.05) is 27.4 Å². The molecule has 140 valence electrons. The summed E-state index contributed by atoms with van der Waals surface area (Å²) in [6.45, 7) is 5.03. The van der Waals surface area contributed by atoms with Crippen LogP contribution in [0.15, 0.2) is 48.5 Å². The Hall–Kier alpha value is -2.69. The fourth-order valence-electron chi connectivity index (χ4n) is 2.55. The van der Waals surface area contributed by atoms with E-state index in [2.05, 4.69) is 19.2 Å². The minimum absolute atomic E-state index is 0.0329. The standard InChI is InChI=1S/C21H27NO4/c1-21(2,16-10-11-18(24-3)19(14-16)25-4)15-22-20(23)12-13-26-17-8-6-5-7-9-17/h5-11,14H,12-13,15H2,1-4H3,(H,22,23). The first kappa shape index (κ1) is 19.6. The quantitative estimate of drug-likeness (QED) is 0.745. The summed E-state index contributed by atoms with van der Waals surface area (Å²) in [5.41, 5.74) is 0.825. The molecule has 26 heavy (non-hydrogen) atoms. The molecule has 0 radical (unpaired) electrons. The number of carbonyl (C=O) groups excluding carboxylic acids is 1. The number of rotatable bonds is 9. The van der Waals surface area contributed by atoms with Crippen LogP contribution in [0.3, 0.4) is 0 Å². The van der Waals surface area contributed by atoms with Crippen LogP contribution in [0.4, 0.5) is 0 Å². The Morgan fingerprint density at radius 2 is 1.69 bits per heavy atom. The van der Waals surface area contributed by atoms with Crippen LogP contribution in [-0.2, 0) is 10.2 Å². The number of hydrogen-bond donors (Lipinski definition) is 1. The summed E-state index contributed by atoms with van der Waals surface area (Å²) < 4.78 is 16.2. The molecular weight excluding hydrogens is 330 g/mol. The van der Waals surface area contributed by atoms with Crippen molar-refractivity contribution in [3.63, 3.8) is 0 Å². The SMILES string of the molecule is COc1ccc(C(C)(C)CNC(=O)CCOc2ccccc2)cc1OC. The van der Waals surface area contributed by atoms with Gasteiger partial charge in [0.15, 0.2) is 11.5 Å². The highest BCUT2D eigenvalue weighted by atomic mass is 16.5. The Morgan fingerprint density at radius 1 is 1.00 bits per heavy atom. The summed E-state index contributed by atoms with van der Waals surface area (Å²) in [4.78, 5) is 12.1. The molecule has 0 bridgehead atoms. The first-order chi connectivity index (χ1) is 12.5. The van der Waals surface area contributed by atoms with Crippen LogP contribution in [0.1, 0.15) is 25.8 Å². The monoisotopic (exact) mass is 357 g/mol. The Kier molecular flexibility index (Phi) is 6.89. The lowest BCUT2D eigenvalue weighted by Gasteiger charge is -2.26. The molecule has 0 saturated carbocycles. The van der Waals surface area contributed by atoms with Gasteiger partial charge in [0.05, 0.1) is 27.2 Å². The molecule has 2 rings (SSSR count). The molecule has 0 atom stereocenters. The normalized spacial score (nSPS) is 10.9. The second-order valence-corrected chi connectivity index (χ2v) is 6.64. The minimum atomic E-state index is -0.241. The van der Waals surface area contributed by atoms with Crippen molar-refractivity contribution in [1.29, 1.82) is 0 Å². The largest absolute Gasteiger partial charge is 0.493 e. The number of carbonyl (C=O) groups is 1. The van der Waals surface area contributed by atoms with Crippen LogP contribution in [-0.4, -0.2) is 33.3 Å². The number of hydrogen-bond acceptors (Lipinski definition) is 4. The van der Waals surface area contributed by atoms with Crippen LogP contribution >= 0.6 is 0 Å². The highest BCUT2D eigenvalue weighted by Gasteiger charge is 2.23. The van der Waals surface area contributed by atoms with Gasteiger partial charge in [-0.3, -0.25) is 4.79 Å². The lowest BCUT2D eigenvalue weighted by molar-refractivity contribution is -0.121. The average Bonchev–Trinajstić information content (AvgIpc) is 2.66. The van der Waals surface area contributed by atoms with Gasteiger partial charge >= 0.3 is 0 Å². The molecule has 0 spiro atoms. The summed E-state index contributed by atoms with van der Waals surface area (Å²) in [5, 5.41) is 2.98. The Balaban J connectivity index is 1.85. The molecule has 1 amide bonds. The van der Waals surface area contributed by atoms with Gasteiger partial charge in [0, 0.05) is 12.0 Å². The third-order valence-electron chi connectivity index (χ3n) is 4.23. The van der Waals surface area contributed by atoms with Gasteiger partial charge in [-0.1, -0.05) is 38.1 Å². The molecule has 1 N–H and O–H groups in total. The molecule has 5 heteroatoms. The van der Waals surface area contributed by atoms with E-state index >= 15 is 0 Å². The molecule has 2 aromatic rings. The van der Waals surface area contributed by atoms with Crippen LogP contribution in [0.5, 0.6) is 17.2 Å². The molecule has 0 unspecified atom stereocenters. The summed E-state index contributed by atoms with van der Waals surface area (Å²) in [6, 6.07) is 15.3. The molecule has 0 heterocycles. The molecule has 0 fully saturated rings. The van der Waals surface area contributed by atoms with Crippen molar-refractivity contribution >= 4 is 5.91 Å². The third-order valence-corrected chi connectivity index (χ3v) is 4.23. The number of ether oxygens (including phenoxy) is 3. The van der Waals surface area contributed by atoms with Gasteiger partial charge < -0.3 is 19.5 Å². The summed E-state index contributed by atoms with van der Waals surface area (Å²) in [6.07, 6.45) is 0.316. The van der Waals surface area contributed by atoms with Gasteiger partial charge in [-0.25, -0.2) is 0 Å². The maximum absolute atomic E-state index is 12.1. The van der Waals surface area contributed by atoms with Crippen molar-refractivity contribution in [2.45, 2.75) is 25.7 Å². The predicted molar refractivity (Wildman–Crippen MR) is 102 cm³/mol. The average molecular weight is 357 g/mol. The molecule has 2 aromatic carbocycles. The van der Waals surface area contributed by atoms with E-state index in [-0.39, 0.29) is 11.3 Å². The molecule has 0 saturated heterocycles. The van der Waals surface area contributed by atoms with E-state index in [9.17, 15) is 4.79 Å². The van der Waals surface area contributed by atoms with E-state index in [0.717, 1.165) is 11.3 Å². The molecule has 0 aliphatic heterocycles. The maximum atomic E-state index is 12.1. The number of methoxy groups -OCH3 is 2. The third kappa shape index (κ3) is 5.41. The van der Waals surface area contributed by atoms with Gasteiger partial charge in [-0.2, -0.15) is 0 Å². The van der Waals surface area contributed by atoms with E-state index in [0.29, 0.717) is 31.1 Å². The van der Waals surface area contributed by atoms with Crippen molar-refractivity contribution < 1.29 is 19.0 Å². The zero-order valence-electron chi connectivity index (χ0n) is 15.9. The number of amides is 1. The highest BCUT2D eigenvalue weighted by molar-refractivity contribution is 5.76. The van der Waals surface area contributed by atoms with E-state index in [1.807, 2.05) is 48.5 Å². The van der Waals surface area contributed by atoms with E-state index in [4.69, 9.17) is 14.2 Å². The number of para-hydroxylation sites is 1. The molecule has 0 aliphatic carbocycles.